The first kappa shape index (κ1) is 16.5. The van der Waals surface area contributed by atoms with Crippen LogP contribution in [0.5, 0.6) is 5.75 Å². The van der Waals surface area contributed by atoms with Crippen molar-refractivity contribution in [2.24, 2.45) is 0 Å². The molecule has 1 amide bonds. The number of benzene rings is 1. The molecule has 0 atom stereocenters. The van der Waals surface area contributed by atoms with Crippen LogP contribution in [0.15, 0.2) is 30.0 Å². The fourth-order valence-electron chi connectivity index (χ4n) is 1.86. The van der Waals surface area contributed by atoms with E-state index >= 15 is 0 Å². The van der Waals surface area contributed by atoms with Gasteiger partial charge >= 0.3 is 5.97 Å². The van der Waals surface area contributed by atoms with Gasteiger partial charge in [0.15, 0.2) is 5.11 Å². The third kappa shape index (κ3) is 4.08. The van der Waals surface area contributed by atoms with Crippen LogP contribution in [0.25, 0.3) is 6.08 Å². The third-order valence-corrected chi connectivity index (χ3v) is 3.31. The van der Waals surface area contributed by atoms with Crippen molar-refractivity contribution in [1.82, 2.24) is 10.2 Å². The van der Waals surface area contributed by atoms with Crippen LogP contribution in [-0.4, -0.2) is 42.2 Å². The minimum Gasteiger partial charge on any atom is -0.481 e. The molecular weight excluding hydrogens is 316 g/mol. The highest BCUT2D eigenvalue weighted by atomic mass is 32.1. The van der Waals surface area contributed by atoms with E-state index in [2.05, 4.69) is 16.0 Å². The third-order valence-electron chi connectivity index (χ3n) is 2.99. The van der Waals surface area contributed by atoms with Crippen molar-refractivity contribution in [1.29, 1.82) is 0 Å². The zero-order valence-corrected chi connectivity index (χ0v) is 13.2. The SMILES string of the molecule is C#CCOc1ccc(/C=C2\NC(=S)N(CC(=O)OC)C2=O)cc1. The van der Waals surface area contributed by atoms with Crippen LogP contribution >= 0.6 is 12.2 Å². The van der Waals surface area contributed by atoms with Crippen molar-refractivity contribution >= 4 is 35.3 Å². The summed E-state index contributed by atoms with van der Waals surface area (Å²) in [6.07, 6.45) is 6.76. The Morgan fingerprint density at radius 3 is 2.74 bits per heavy atom. The molecule has 2 rings (SSSR count). The molecule has 0 unspecified atom stereocenters. The van der Waals surface area contributed by atoms with Gasteiger partial charge in [0.05, 0.1) is 7.11 Å². The van der Waals surface area contributed by atoms with E-state index < -0.39 is 5.97 Å². The number of amides is 1. The van der Waals surface area contributed by atoms with Gasteiger partial charge in [0.2, 0.25) is 0 Å². The van der Waals surface area contributed by atoms with Gasteiger partial charge in [0.25, 0.3) is 5.91 Å². The highest BCUT2D eigenvalue weighted by Crippen LogP contribution is 2.17. The molecule has 1 aliphatic heterocycles. The van der Waals surface area contributed by atoms with Gasteiger partial charge < -0.3 is 14.8 Å². The lowest BCUT2D eigenvalue weighted by Gasteiger charge is -2.11. The maximum Gasteiger partial charge on any atom is 0.325 e. The van der Waals surface area contributed by atoms with Gasteiger partial charge in [-0.25, -0.2) is 0 Å². The van der Waals surface area contributed by atoms with E-state index in [9.17, 15) is 9.59 Å². The van der Waals surface area contributed by atoms with Crippen molar-refractivity contribution in [2.45, 2.75) is 0 Å². The topological polar surface area (TPSA) is 67.9 Å². The number of esters is 1. The maximum absolute atomic E-state index is 12.2. The number of methoxy groups -OCH3 is 1. The van der Waals surface area contributed by atoms with E-state index in [1.807, 2.05) is 0 Å². The van der Waals surface area contributed by atoms with E-state index in [1.54, 1.807) is 30.3 Å². The first-order valence-corrected chi connectivity index (χ1v) is 7.03. The monoisotopic (exact) mass is 330 g/mol. The molecule has 0 bridgehead atoms. The minimum absolute atomic E-state index is 0.167. The van der Waals surface area contributed by atoms with Crippen LogP contribution in [0.4, 0.5) is 0 Å². The van der Waals surface area contributed by atoms with E-state index in [4.69, 9.17) is 23.4 Å². The Bertz CT molecular complexity index is 704. The van der Waals surface area contributed by atoms with Crippen LogP contribution < -0.4 is 10.1 Å². The van der Waals surface area contributed by atoms with Gasteiger partial charge in [0.1, 0.15) is 24.6 Å². The predicted octanol–water partition coefficient (Wildman–Crippen LogP) is 0.929. The van der Waals surface area contributed by atoms with Gasteiger partial charge in [-0.2, -0.15) is 0 Å². The average Bonchev–Trinajstić information content (AvgIpc) is 2.81. The molecule has 1 aliphatic rings. The van der Waals surface area contributed by atoms with Gasteiger partial charge in [-0.1, -0.05) is 18.1 Å². The Balaban J connectivity index is 2.11. The van der Waals surface area contributed by atoms with Crippen LogP contribution in [0.1, 0.15) is 5.56 Å². The number of hydrogen-bond donors (Lipinski definition) is 1. The summed E-state index contributed by atoms with van der Waals surface area (Å²) in [5.41, 5.74) is 1.06. The highest BCUT2D eigenvalue weighted by molar-refractivity contribution is 7.80. The second-order valence-electron chi connectivity index (χ2n) is 4.52. The van der Waals surface area contributed by atoms with Gasteiger partial charge in [0, 0.05) is 0 Å². The summed E-state index contributed by atoms with van der Waals surface area (Å²) in [7, 11) is 1.25. The predicted molar refractivity (Wildman–Crippen MR) is 88.2 cm³/mol. The zero-order valence-electron chi connectivity index (χ0n) is 12.4. The number of nitrogens with one attached hydrogen (secondary N) is 1. The van der Waals surface area contributed by atoms with Gasteiger partial charge in [-0.3, -0.25) is 14.5 Å². The summed E-state index contributed by atoms with van der Waals surface area (Å²) in [5, 5.41) is 2.95. The first-order chi connectivity index (χ1) is 11.0. The number of carbonyl (C=O) groups excluding carboxylic acids is 2. The lowest BCUT2D eigenvalue weighted by Crippen LogP contribution is -2.35. The van der Waals surface area contributed by atoms with E-state index in [0.717, 1.165) is 10.5 Å². The summed E-state index contributed by atoms with van der Waals surface area (Å²) >= 11 is 5.05. The lowest BCUT2D eigenvalue weighted by molar-refractivity contribution is -0.143. The molecule has 1 fully saturated rings. The second-order valence-corrected chi connectivity index (χ2v) is 4.90. The molecule has 7 heteroatoms. The van der Waals surface area contributed by atoms with Gasteiger partial charge in [-0.15, -0.1) is 6.42 Å². The number of rotatable bonds is 5. The smallest absolute Gasteiger partial charge is 0.325 e. The van der Waals surface area contributed by atoms with Crippen molar-refractivity contribution in [3.05, 3.63) is 35.5 Å². The summed E-state index contributed by atoms with van der Waals surface area (Å²) < 4.78 is 9.81. The molecule has 0 radical (unpaired) electrons. The van der Waals surface area contributed by atoms with Crippen molar-refractivity contribution < 1.29 is 19.1 Å². The Morgan fingerprint density at radius 1 is 1.43 bits per heavy atom. The molecule has 6 nitrogen and oxygen atoms in total. The van der Waals surface area contributed by atoms with Crippen molar-refractivity contribution in [3.8, 4) is 18.1 Å². The molecule has 1 N–H and O–H groups in total. The lowest BCUT2D eigenvalue weighted by atomic mass is 10.2. The number of hydrogen-bond acceptors (Lipinski definition) is 5. The summed E-state index contributed by atoms with van der Waals surface area (Å²) in [5.74, 6) is 2.09. The van der Waals surface area contributed by atoms with Crippen molar-refractivity contribution in [2.75, 3.05) is 20.3 Å². The first-order valence-electron chi connectivity index (χ1n) is 6.63. The largest absolute Gasteiger partial charge is 0.481 e. The maximum atomic E-state index is 12.2. The van der Waals surface area contributed by atoms with E-state index in [0.29, 0.717) is 5.75 Å². The second kappa shape index (κ2) is 7.42. The van der Waals surface area contributed by atoms with E-state index in [-0.39, 0.29) is 29.9 Å². The molecular formula is C16H14N2O4S. The van der Waals surface area contributed by atoms with Crippen LogP contribution in [0, 0.1) is 12.3 Å². The molecule has 0 saturated carbocycles. The number of terminal acetylenes is 1. The van der Waals surface area contributed by atoms with Gasteiger partial charge in [-0.05, 0) is 36.0 Å². The Hall–Kier alpha value is -2.85. The molecule has 118 valence electrons. The van der Waals surface area contributed by atoms with Crippen LogP contribution in [0.3, 0.4) is 0 Å². The summed E-state index contributed by atoms with van der Waals surface area (Å²) in [6, 6.07) is 7.04. The van der Waals surface area contributed by atoms with Crippen LogP contribution in [0.2, 0.25) is 0 Å². The number of ether oxygens (including phenoxy) is 2. The number of thiocarbonyl (C=S) groups is 1. The van der Waals surface area contributed by atoms with Crippen molar-refractivity contribution in [3.63, 3.8) is 0 Å². The molecule has 1 heterocycles. The molecule has 1 aromatic rings. The fraction of sp³-hybridized carbons (Fsp3) is 0.188. The fourth-order valence-corrected chi connectivity index (χ4v) is 2.12. The average molecular weight is 330 g/mol. The molecule has 0 aliphatic carbocycles. The molecule has 1 aromatic carbocycles. The quantitative estimate of drug-likeness (QED) is 0.375. The Morgan fingerprint density at radius 2 is 2.13 bits per heavy atom. The van der Waals surface area contributed by atoms with Crippen LogP contribution in [-0.2, 0) is 14.3 Å². The molecule has 23 heavy (non-hydrogen) atoms. The molecule has 0 aromatic heterocycles. The normalized spacial score (nSPS) is 15.3. The number of carbonyl (C=O) groups is 2. The summed E-state index contributed by atoms with van der Waals surface area (Å²) in [4.78, 5) is 24.7. The number of nitrogens with zero attached hydrogens (tertiary/aromatic N) is 1. The summed E-state index contributed by atoms with van der Waals surface area (Å²) in [6.45, 7) is -0.0331. The van der Waals surface area contributed by atoms with E-state index in [1.165, 1.54) is 7.11 Å². The molecule has 0 spiro atoms. The minimum atomic E-state index is -0.543. The standard InChI is InChI=1S/C16H14N2O4S/c1-3-8-22-12-6-4-11(5-7-12)9-13-15(20)18(16(23)17-13)10-14(19)21-2/h1,4-7,9H,8,10H2,2H3,(H,17,23)/b13-9-. The molecule has 1 saturated heterocycles. The Labute approximate surface area is 139 Å². The Kier molecular flexibility index (Phi) is 5.33. The highest BCUT2D eigenvalue weighted by Gasteiger charge is 2.32. The zero-order chi connectivity index (χ0) is 16.8.